The minimum absolute atomic E-state index is 0.0181. The summed E-state index contributed by atoms with van der Waals surface area (Å²) in [6.45, 7) is 3.13. The van der Waals surface area contributed by atoms with Crippen molar-refractivity contribution < 1.29 is 19.8 Å². The van der Waals surface area contributed by atoms with E-state index in [2.05, 4.69) is 0 Å². The zero-order valence-corrected chi connectivity index (χ0v) is 12.2. The van der Waals surface area contributed by atoms with E-state index in [1.165, 1.54) is 18.7 Å². The van der Waals surface area contributed by atoms with Crippen molar-refractivity contribution in [1.82, 2.24) is 4.90 Å². The minimum atomic E-state index is -0.993. The molecule has 0 aliphatic heterocycles. The molecule has 1 rings (SSSR count). The number of aliphatic carboxylic acids is 1. The van der Waals surface area contributed by atoms with E-state index in [-0.39, 0.29) is 19.0 Å². The lowest BCUT2D eigenvalue weighted by atomic mass is 10.1. The van der Waals surface area contributed by atoms with Gasteiger partial charge in [0.05, 0.1) is 22.6 Å². The van der Waals surface area contributed by atoms with Gasteiger partial charge in [-0.1, -0.05) is 30.7 Å². The first-order valence-electron chi connectivity index (χ1n) is 6.27. The molecule has 2 atom stereocenters. The molecule has 0 aromatic heterocycles. The first-order chi connectivity index (χ1) is 9.32. The number of carbonyl (C=O) groups excluding carboxylic acids is 1. The molecule has 0 saturated heterocycles. The highest BCUT2D eigenvalue weighted by molar-refractivity contribution is 6.33. The van der Waals surface area contributed by atoms with Crippen molar-refractivity contribution in [3.8, 4) is 0 Å². The monoisotopic (exact) mass is 299 g/mol. The van der Waals surface area contributed by atoms with Gasteiger partial charge >= 0.3 is 5.97 Å². The Morgan fingerprint density at radius 2 is 1.85 bits per heavy atom. The summed E-state index contributed by atoms with van der Waals surface area (Å²) in [6.07, 6.45) is -0.748. The lowest BCUT2D eigenvalue weighted by Crippen LogP contribution is -2.41. The highest BCUT2D eigenvalue weighted by Gasteiger charge is 2.23. The van der Waals surface area contributed by atoms with Crippen LogP contribution in [0, 0.1) is 5.92 Å². The zero-order valence-electron chi connectivity index (χ0n) is 11.4. The van der Waals surface area contributed by atoms with E-state index in [9.17, 15) is 14.7 Å². The SMILES string of the molecule is CC(O)CN(CC(C)C(=O)O)C(=O)c1ccccc1Cl. The number of carboxylic acids is 1. The average molecular weight is 300 g/mol. The van der Waals surface area contributed by atoms with E-state index in [1.807, 2.05) is 0 Å². The Bertz CT molecular complexity index is 490. The molecule has 0 aliphatic carbocycles. The lowest BCUT2D eigenvalue weighted by molar-refractivity contribution is -0.141. The second-order valence-corrected chi connectivity index (χ2v) is 5.19. The fourth-order valence-corrected chi connectivity index (χ4v) is 1.99. The molecule has 110 valence electrons. The molecule has 0 radical (unpaired) electrons. The predicted molar refractivity (Wildman–Crippen MR) is 75.8 cm³/mol. The number of aliphatic hydroxyl groups excluding tert-OH is 1. The van der Waals surface area contributed by atoms with Gasteiger partial charge in [0.15, 0.2) is 0 Å². The lowest BCUT2D eigenvalue weighted by Gasteiger charge is -2.26. The topological polar surface area (TPSA) is 77.8 Å². The quantitative estimate of drug-likeness (QED) is 0.841. The van der Waals surface area contributed by atoms with E-state index in [0.29, 0.717) is 10.6 Å². The molecule has 0 fully saturated rings. The van der Waals surface area contributed by atoms with Gasteiger partial charge in [-0.25, -0.2) is 0 Å². The average Bonchev–Trinajstić information content (AvgIpc) is 2.37. The van der Waals surface area contributed by atoms with Gasteiger partial charge in [0.25, 0.3) is 5.91 Å². The summed E-state index contributed by atoms with van der Waals surface area (Å²) in [5, 5.41) is 18.7. The summed E-state index contributed by atoms with van der Waals surface area (Å²) in [4.78, 5) is 24.6. The van der Waals surface area contributed by atoms with E-state index in [1.54, 1.807) is 24.3 Å². The van der Waals surface area contributed by atoms with E-state index in [0.717, 1.165) is 0 Å². The second-order valence-electron chi connectivity index (χ2n) is 4.78. The van der Waals surface area contributed by atoms with Gasteiger partial charge in [0.2, 0.25) is 0 Å². The Balaban J connectivity index is 2.95. The number of rotatable bonds is 6. The van der Waals surface area contributed by atoms with Crippen LogP contribution < -0.4 is 0 Å². The maximum Gasteiger partial charge on any atom is 0.308 e. The number of halogens is 1. The Morgan fingerprint density at radius 1 is 1.25 bits per heavy atom. The first kappa shape index (κ1) is 16.5. The summed E-state index contributed by atoms with van der Waals surface area (Å²) >= 11 is 5.97. The van der Waals surface area contributed by atoms with E-state index >= 15 is 0 Å². The van der Waals surface area contributed by atoms with Gasteiger partial charge in [-0.05, 0) is 19.1 Å². The summed E-state index contributed by atoms with van der Waals surface area (Å²) in [5.74, 6) is -2.10. The molecule has 2 N–H and O–H groups in total. The molecule has 6 heteroatoms. The summed E-state index contributed by atoms with van der Waals surface area (Å²) in [6, 6.07) is 6.55. The Kier molecular flexibility index (Phi) is 5.98. The molecule has 0 spiro atoms. The van der Waals surface area contributed by atoms with E-state index < -0.39 is 18.0 Å². The van der Waals surface area contributed by atoms with Crippen LogP contribution in [-0.4, -0.2) is 46.2 Å². The third kappa shape index (κ3) is 4.51. The Morgan fingerprint density at radius 3 is 2.35 bits per heavy atom. The molecule has 5 nitrogen and oxygen atoms in total. The maximum absolute atomic E-state index is 12.4. The van der Waals surface area contributed by atoms with Crippen molar-refractivity contribution in [2.24, 2.45) is 5.92 Å². The van der Waals surface area contributed by atoms with Gasteiger partial charge in [0, 0.05) is 13.1 Å². The number of hydrogen-bond acceptors (Lipinski definition) is 3. The van der Waals surface area contributed by atoms with Crippen LogP contribution in [0.1, 0.15) is 24.2 Å². The van der Waals surface area contributed by atoms with Gasteiger partial charge in [0.1, 0.15) is 0 Å². The van der Waals surface area contributed by atoms with Crippen molar-refractivity contribution in [2.45, 2.75) is 20.0 Å². The molecular weight excluding hydrogens is 282 g/mol. The number of carbonyl (C=O) groups is 2. The van der Waals surface area contributed by atoms with Crippen LogP contribution in [0.3, 0.4) is 0 Å². The number of hydrogen-bond donors (Lipinski definition) is 2. The fraction of sp³-hybridized carbons (Fsp3) is 0.429. The van der Waals surface area contributed by atoms with Crippen LogP contribution >= 0.6 is 11.6 Å². The summed E-state index contributed by atoms with van der Waals surface area (Å²) < 4.78 is 0. The van der Waals surface area contributed by atoms with Gasteiger partial charge in [-0.3, -0.25) is 9.59 Å². The smallest absolute Gasteiger partial charge is 0.308 e. The minimum Gasteiger partial charge on any atom is -0.481 e. The molecule has 0 saturated carbocycles. The van der Waals surface area contributed by atoms with Crippen molar-refractivity contribution in [1.29, 1.82) is 0 Å². The van der Waals surface area contributed by atoms with Gasteiger partial charge < -0.3 is 15.1 Å². The summed E-state index contributed by atoms with van der Waals surface area (Å²) in [5.41, 5.74) is 0.299. The van der Waals surface area contributed by atoms with Gasteiger partial charge in [-0.2, -0.15) is 0 Å². The first-order valence-corrected chi connectivity index (χ1v) is 6.65. The molecule has 1 amide bonds. The number of nitrogens with zero attached hydrogens (tertiary/aromatic N) is 1. The fourth-order valence-electron chi connectivity index (χ4n) is 1.77. The zero-order chi connectivity index (χ0) is 15.3. The largest absolute Gasteiger partial charge is 0.481 e. The molecule has 0 heterocycles. The number of amides is 1. The molecule has 1 aromatic carbocycles. The van der Waals surface area contributed by atoms with E-state index in [4.69, 9.17) is 16.7 Å². The van der Waals surface area contributed by atoms with Crippen molar-refractivity contribution in [2.75, 3.05) is 13.1 Å². The van der Waals surface area contributed by atoms with Crippen LogP contribution in [0.15, 0.2) is 24.3 Å². The van der Waals surface area contributed by atoms with Crippen molar-refractivity contribution >= 4 is 23.5 Å². The van der Waals surface area contributed by atoms with Crippen LogP contribution in [0.4, 0.5) is 0 Å². The molecule has 20 heavy (non-hydrogen) atoms. The number of aliphatic hydroxyl groups is 1. The normalized spacial score (nSPS) is 13.6. The highest BCUT2D eigenvalue weighted by Crippen LogP contribution is 2.18. The van der Waals surface area contributed by atoms with Crippen LogP contribution in [0.5, 0.6) is 0 Å². The Hall–Kier alpha value is -1.59. The van der Waals surface area contributed by atoms with Gasteiger partial charge in [-0.15, -0.1) is 0 Å². The van der Waals surface area contributed by atoms with Crippen LogP contribution in [0.2, 0.25) is 5.02 Å². The molecule has 0 aliphatic rings. The molecule has 2 unspecified atom stereocenters. The maximum atomic E-state index is 12.4. The standard InChI is InChI=1S/C14H18ClNO4/c1-9(14(19)20)7-16(8-10(2)17)13(18)11-5-3-4-6-12(11)15/h3-6,9-10,17H,7-8H2,1-2H3,(H,19,20). The van der Waals surface area contributed by atoms with Crippen molar-refractivity contribution in [3.05, 3.63) is 34.9 Å². The molecule has 0 bridgehead atoms. The number of carboxylic acid groups (broad SMARTS) is 1. The molecular formula is C14H18ClNO4. The predicted octanol–water partition coefficient (Wildman–Crippen LogP) is 1.88. The Labute approximate surface area is 122 Å². The highest BCUT2D eigenvalue weighted by atomic mass is 35.5. The van der Waals surface area contributed by atoms with Crippen LogP contribution in [-0.2, 0) is 4.79 Å². The van der Waals surface area contributed by atoms with Crippen molar-refractivity contribution in [3.63, 3.8) is 0 Å². The molecule has 1 aromatic rings. The second kappa shape index (κ2) is 7.26. The van der Waals surface area contributed by atoms with Crippen LogP contribution in [0.25, 0.3) is 0 Å². The third-order valence-electron chi connectivity index (χ3n) is 2.79. The third-order valence-corrected chi connectivity index (χ3v) is 3.12. The number of benzene rings is 1. The summed E-state index contributed by atoms with van der Waals surface area (Å²) in [7, 11) is 0.